The normalized spacial score (nSPS) is 18.0. The number of amides is 1. The van der Waals surface area contributed by atoms with Crippen molar-refractivity contribution in [3.63, 3.8) is 0 Å². The lowest BCUT2D eigenvalue weighted by Gasteiger charge is -2.30. The third kappa shape index (κ3) is 4.16. The Kier molecular flexibility index (Phi) is 5.28. The van der Waals surface area contributed by atoms with Gasteiger partial charge in [0, 0.05) is 30.4 Å². The van der Waals surface area contributed by atoms with Gasteiger partial charge in [0.25, 0.3) is 0 Å². The summed E-state index contributed by atoms with van der Waals surface area (Å²) < 4.78 is 40.4. The molecule has 1 aromatic carbocycles. The average molecular weight is 380 g/mol. The molecule has 0 unspecified atom stereocenters. The highest BCUT2D eigenvalue weighted by Gasteiger charge is 2.31. The molecule has 3 rings (SSSR count). The van der Waals surface area contributed by atoms with E-state index < -0.39 is 11.7 Å². The second kappa shape index (κ2) is 7.34. The number of carbonyl (C=O) groups excluding carboxylic acids is 1. The molecule has 0 radical (unpaired) electrons. The highest BCUT2D eigenvalue weighted by molar-refractivity contribution is 5.79. The van der Waals surface area contributed by atoms with Crippen LogP contribution in [0.2, 0.25) is 0 Å². The lowest BCUT2D eigenvalue weighted by atomic mass is 10.0. The van der Waals surface area contributed by atoms with Crippen LogP contribution >= 0.6 is 0 Å². The van der Waals surface area contributed by atoms with Crippen molar-refractivity contribution < 1.29 is 18.0 Å². The van der Waals surface area contributed by atoms with Crippen LogP contribution in [0.3, 0.4) is 0 Å². The molecule has 1 atom stereocenters. The summed E-state index contributed by atoms with van der Waals surface area (Å²) in [5, 5.41) is 4.37. The number of nitrogens with two attached hydrogens (primary N) is 1. The molecular formula is C19H23F3N4O. The number of piperidine rings is 1. The molecule has 27 heavy (non-hydrogen) atoms. The molecule has 1 amide bonds. The van der Waals surface area contributed by atoms with E-state index in [1.165, 1.54) is 10.7 Å². The minimum Gasteiger partial charge on any atom is -0.341 e. The second-order valence-corrected chi connectivity index (χ2v) is 7.03. The molecule has 0 saturated carbocycles. The van der Waals surface area contributed by atoms with E-state index in [2.05, 4.69) is 5.10 Å². The van der Waals surface area contributed by atoms with Crippen molar-refractivity contribution >= 4 is 5.91 Å². The fraction of sp³-hybridized carbons (Fsp3) is 0.474. The molecule has 146 valence electrons. The van der Waals surface area contributed by atoms with Gasteiger partial charge in [-0.1, -0.05) is 6.07 Å². The number of nitrogens with zero attached hydrogens (tertiary/aromatic N) is 3. The first-order valence-corrected chi connectivity index (χ1v) is 8.93. The minimum atomic E-state index is -4.42. The summed E-state index contributed by atoms with van der Waals surface area (Å²) in [7, 11) is 0. The van der Waals surface area contributed by atoms with Crippen LogP contribution in [0.1, 0.15) is 35.4 Å². The highest BCUT2D eigenvalue weighted by atomic mass is 19.4. The minimum absolute atomic E-state index is 0.00211. The highest BCUT2D eigenvalue weighted by Crippen LogP contribution is 2.31. The Morgan fingerprint density at radius 3 is 2.74 bits per heavy atom. The van der Waals surface area contributed by atoms with Gasteiger partial charge in [0.15, 0.2) is 0 Å². The second-order valence-electron chi connectivity index (χ2n) is 7.03. The van der Waals surface area contributed by atoms with Crippen LogP contribution in [0.15, 0.2) is 24.3 Å². The maximum atomic E-state index is 13.0. The predicted molar refractivity (Wildman–Crippen MR) is 95.5 cm³/mol. The molecule has 1 aliphatic rings. The van der Waals surface area contributed by atoms with Crippen molar-refractivity contribution in [2.45, 2.75) is 45.3 Å². The van der Waals surface area contributed by atoms with Crippen LogP contribution in [0.25, 0.3) is 5.69 Å². The summed E-state index contributed by atoms with van der Waals surface area (Å²) in [6, 6.07) is 5.02. The Balaban J connectivity index is 1.86. The van der Waals surface area contributed by atoms with E-state index in [0.717, 1.165) is 30.5 Å². The third-order valence-corrected chi connectivity index (χ3v) is 5.00. The van der Waals surface area contributed by atoms with Gasteiger partial charge in [0.1, 0.15) is 0 Å². The number of likely N-dealkylation sites (tertiary alicyclic amines) is 1. The molecule has 8 heteroatoms. The third-order valence-electron chi connectivity index (χ3n) is 5.00. The molecule has 1 aliphatic heterocycles. The molecule has 1 saturated heterocycles. The van der Waals surface area contributed by atoms with E-state index in [0.29, 0.717) is 30.2 Å². The molecule has 0 bridgehead atoms. The van der Waals surface area contributed by atoms with Gasteiger partial charge in [-0.3, -0.25) is 4.79 Å². The van der Waals surface area contributed by atoms with E-state index in [1.807, 2.05) is 0 Å². The molecule has 1 aromatic heterocycles. The zero-order valence-electron chi connectivity index (χ0n) is 15.4. The van der Waals surface area contributed by atoms with E-state index in [1.54, 1.807) is 24.8 Å². The largest absolute Gasteiger partial charge is 0.416 e. The average Bonchev–Trinajstić information content (AvgIpc) is 2.89. The number of halogens is 3. The fourth-order valence-electron chi connectivity index (χ4n) is 3.50. The van der Waals surface area contributed by atoms with Gasteiger partial charge < -0.3 is 10.6 Å². The van der Waals surface area contributed by atoms with Crippen LogP contribution in [-0.2, 0) is 17.4 Å². The predicted octanol–water partition coefficient (Wildman–Crippen LogP) is 3.00. The summed E-state index contributed by atoms with van der Waals surface area (Å²) in [5.74, 6) is -0.0278. The zero-order valence-corrected chi connectivity index (χ0v) is 15.4. The summed E-state index contributed by atoms with van der Waals surface area (Å²) in [6.07, 6.45) is -2.45. The first-order valence-electron chi connectivity index (χ1n) is 8.93. The van der Waals surface area contributed by atoms with Crippen LogP contribution in [0.4, 0.5) is 13.2 Å². The smallest absolute Gasteiger partial charge is 0.341 e. The Hall–Kier alpha value is -2.35. The summed E-state index contributed by atoms with van der Waals surface area (Å²) in [6.45, 7) is 4.76. The molecule has 2 heterocycles. The Morgan fingerprint density at radius 2 is 2.07 bits per heavy atom. The summed E-state index contributed by atoms with van der Waals surface area (Å²) >= 11 is 0. The standard InChI is InChI=1S/C19H23F3N4O/c1-12-17(10-18(27)25-8-4-6-15(23)11-25)13(2)26(24-12)16-7-3-5-14(9-16)19(20,21)22/h3,5,7,9,15H,4,6,8,10-11,23H2,1-2H3/t15-/m0/s1. The van der Waals surface area contributed by atoms with Crippen molar-refractivity contribution in [1.29, 1.82) is 0 Å². The fourth-order valence-corrected chi connectivity index (χ4v) is 3.50. The van der Waals surface area contributed by atoms with Gasteiger partial charge in [-0.05, 0) is 44.9 Å². The topological polar surface area (TPSA) is 64.2 Å². The van der Waals surface area contributed by atoms with Crippen molar-refractivity contribution in [1.82, 2.24) is 14.7 Å². The van der Waals surface area contributed by atoms with Gasteiger partial charge in [0.2, 0.25) is 5.91 Å². The van der Waals surface area contributed by atoms with E-state index in [9.17, 15) is 18.0 Å². The maximum Gasteiger partial charge on any atom is 0.416 e. The van der Waals surface area contributed by atoms with E-state index in [-0.39, 0.29) is 18.4 Å². The van der Waals surface area contributed by atoms with Crippen molar-refractivity contribution in [3.8, 4) is 5.69 Å². The number of carbonyl (C=O) groups is 1. The molecule has 2 aromatic rings. The van der Waals surface area contributed by atoms with E-state index in [4.69, 9.17) is 5.73 Å². The molecule has 0 aliphatic carbocycles. The van der Waals surface area contributed by atoms with Gasteiger partial charge in [-0.25, -0.2) is 4.68 Å². The number of rotatable bonds is 3. The van der Waals surface area contributed by atoms with Gasteiger partial charge in [0.05, 0.1) is 23.4 Å². The van der Waals surface area contributed by atoms with Gasteiger partial charge >= 0.3 is 6.18 Å². The first-order chi connectivity index (χ1) is 12.7. The SMILES string of the molecule is Cc1nn(-c2cccc(C(F)(F)F)c2)c(C)c1CC(=O)N1CCC[C@H](N)C1. The molecule has 5 nitrogen and oxygen atoms in total. The summed E-state index contributed by atoms with van der Waals surface area (Å²) in [5.41, 5.74) is 7.59. The van der Waals surface area contributed by atoms with Gasteiger partial charge in [-0.2, -0.15) is 18.3 Å². The first kappa shape index (κ1) is 19.4. The number of aromatic nitrogens is 2. The van der Waals surface area contributed by atoms with Crippen LogP contribution < -0.4 is 5.73 Å². The van der Waals surface area contributed by atoms with E-state index >= 15 is 0 Å². The Bertz CT molecular complexity index is 844. The van der Waals surface area contributed by atoms with Crippen LogP contribution in [-0.4, -0.2) is 39.7 Å². The number of hydrogen-bond donors (Lipinski definition) is 1. The number of aryl methyl sites for hydroxylation is 1. The maximum absolute atomic E-state index is 13.0. The van der Waals surface area contributed by atoms with Crippen molar-refractivity contribution in [2.24, 2.45) is 5.73 Å². The molecular weight excluding hydrogens is 357 g/mol. The number of alkyl halides is 3. The molecule has 0 spiro atoms. The van der Waals surface area contributed by atoms with Crippen LogP contribution in [0.5, 0.6) is 0 Å². The number of hydrogen-bond acceptors (Lipinski definition) is 3. The van der Waals surface area contributed by atoms with Gasteiger partial charge in [-0.15, -0.1) is 0 Å². The Morgan fingerprint density at radius 1 is 1.33 bits per heavy atom. The number of benzene rings is 1. The summed E-state index contributed by atoms with van der Waals surface area (Å²) in [4.78, 5) is 14.4. The van der Waals surface area contributed by atoms with Crippen molar-refractivity contribution in [2.75, 3.05) is 13.1 Å². The monoisotopic (exact) mass is 380 g/mol. The van der Waals surface area contributed by atoms with Crippen molar-refractivity contribution in [3.05, 3.63) is 46.8 Å². The quantitative estimate of drug-likeness (QED) is 0.890. The Labute approximate surface area is 155 Å². The molecule has 1 fully saturated rings. The lowest BCUT2D eigenvalue weighted by molar-refractivity contribution is -0.137. The van der Waals surface area contributed by atoms with Crippen LogP contribution in [0, 0.1) is 13.8 Å². The lowest BCUT2D eigenvalue weighted by Crippen LogP contribution is -2.46. The molecule has 2 N–H and O–H groups in total. The zero-order chi connectivity index (χ0) is 19.8.